The molecule has 0 radical (unpaired) electrons. The number of anilines is 1. The molecular formula is C28H26N8O3. The number of fused-ring (bicyclic) bond motifs is 1. The molecule has 11 heteroatoms. The predicted molar refractivity (Wildman–Crippen MR) is 146 cm³/mol. The Morgan fingerprint density at radius 2 is 1.85 bits per heavy atom. The first-order valence-electron chi connectivity index (χ1n) is 12.4. The minimum atomic E-state index is -0.670. The second-order valence-corrected chi connectivity index (χ2v) is 8.89. The second-order valence-electron chi connectivity index (χ2n) is 8.89. The van der Waals surface area contributed by atoms with Crippen LogP contribution in [0.2, 0.25) is 0 Å². The Kier molecular flexibility index (Phi) is 7.26. The van der Waals surface area contributed by atoms with Crippen LogP contribution in [0.4, 0.5) is 5.95 Å². The smallest absolute Gasteiger partial charge is 0.307 e. The van der Waals surface area contributed by atoms with Crippen LogP contribution in [0.1, 0.15) is 28.4 Å². The van der Waals surface area contributed by atoms with Gasteiger partial charge in [0.2, 0.25) is 5.95 Å². The zero-order valence-electron chi connectivity index (χ0n) is 21.3. The fourth-order valence-electron chi connectivity index (χ4n) is 4.44. The lowest BCUT2D eigenvalue weighted by atomic mass is 10.1. The highest BCUT2D eigenvalue weighted by molar-refractivity contribution is 5.95. The number of primary amides is 1. The summed E-state index contributed by atoms with van der Waals surface area (Å²) in [6.07, 6.45) is 0. The number of carbonyl (C=O) groups is 1. The average molecular weight is 523 g/mol. The summed E-state index contributed by atoms with van der Waals surface area (Å²) in [6.45, 7) is 5.14. The normalized spacial score (nSPS) is 13.0. The molecule has 0 unspecified atom stereocenters. The number of rotatable bonds is 7. The maximum absolute atomic E-state index is 14.1. The Hall–Kier alpha value is -5.13. The summed E-state index contributed by atoms with van der Waals surface area (Å²) in [5.41, 5.74) is 7.12. The fraction of sp³-hybridized carbons (Fsp3) is 0.250. The second kappa shape index (κ2) is 11.1. The molecule has 196 valence electrons. The lowest BCUT2D eigenvalue weighted by molar-refractivity contribution is 0.0998. The SMILES string of the molecule is CC#CCn1c(N2CCNCC2)nc2nc(Oc3ccccc3C(N)=O)n(Cc3ccc(C#N)cc3)c(=O)c21. The number of amides is 1. The largest absolute Gasteiger partial charge is 0.425 e. The molecule has 3 heterocycles. The minimum absolute atomic E-state index is 0.0383. The Balaban J connectivity index is 1.71. The van der Waals surface area contributed by atoms with Gasteiger partial charge in [0, 0.05) is 26.2 Å². The lowest BCUT2D eigenvalue weighted by Gasteiger charge is -2.28. The van der Waals surface area contributed by atoms with Crippen LogP contribution < -0.4 is 26.2 Å². The molecule has 3 N–H and O–H groups in total. The van der Waals surface area contributed by atoms with E-state index >= 15 is 0 Å². The van der Waals surface area contributed by atoms with Crippen molar-refractivity contribution >= 4 is 23.0 Å². The van der Waals surface area contributed by atoms with Gasteiger partial charge < -0.3 is 20.7 Å². The number of para-hydroxylation sites is 1. The molecule has 2 aromatic heterocycles. The van der Waals surface area contributed by atoms with Gasteiger partial charge in [0.05, 0.1) is 30.3 Å². The van der Waals surface area contributed by atoms with Crippen LogP contribution in [-0.2, 0) is 13.1 Å². The Labute approximate surface area is 224 Å². The van der Waals surface area contributed by atoms with E-state index in [2.05, 4.69) is 33.1 Å². The van der Waals surface area contributed by atoms with Gasteiger partial charge >= 0.3 is 6.01 Å². The number of hydrogen-bond donors (Lipinski definition) is 2. The Bertz CT molecular complexity index is 1700. The quantitative estimate of drug-likeness (QED) is 0.350. The third-order valence-corrected chi connectivity index (χ3v) is 6.40. The molecule has 5 rings (SSSR count). The molecule has 1 aliphatic rings. The molecule has 2 aromatic carbocycles. The number of nitrogens with one attached hydrogen (secondary N) is 1. The molecule has 1 amide bonds. The summed E-state index contributed by atoms with van der Waals surface area (Å²) in [5.74, 6) is 6.05. The van der Waals surface area contributed by atoms with Crippen LogP contribution in [0.15, 0.2) is 53.3 Å². The van der Waals surface area contributed by atoms with Crippen molar-refractivity contribution < 1.29 is 9.53 Å². The lowest BCUT2D eigenvalue weighted by Crippen LogP contribution is -2.44. The number of carbonyl (C=O) groups excluding carboxylic acids is 1. The maximum Gasteiger partial charge on any atom is 0.307 e. The molecule has 0 atom stereocenters. The highest BCUT2D eigenvalue weighted by Crippen LogP contribution is 2.27. The number of imidazole rings is 1. The molecule has 1 fully saturated rings. The van der Waals surface area contributed by atoms with Gasteiger partial charge in [0.15, 0.2) is 11.2 Å². The zero-order valence-corrected chi connectivity index (χ0v) is 21.3. The molecule has 0 bridgehead atoms. The maximum atomic E-state index is 14.1. The van der Waals surface area contributed by atoms with E-state index in [1.165, 1.54) is 4.57 Å². The van der Waals surface area contributed by atoms with E-state index in [1.807, 2.05) is 0 Å². The highest BCUT2D eigenvalue weighted by atomic mass is 16.5. The average Bonchev–Trinajstić information content (AvgIpc) is 3.33. The van der Waals surface area contributed by atoms with Gasteiger partial charge in [-0.05, 0) is 36.8 Å². The molecule has 0 aliphatic carbocycles. The van der Waals surface area contributed by atoms with Crippen molar-refractivity contribution in [2.45, 2.75) is 20.0 Å². The van der Waals surface area contributed by atoms with Crippen LogP contribution in [-0.4, -0.2) is 51.2 Å². The van der Waals surface area contributed by atoms with E-state index in [1.54, 1.807) is 60.0 Å². The van der Waals surface area contributed by atoms with Gasteiger partial charge in [-0.2, -0.15) is 15.2 Å². The molecule has 39 heavy (non-hydrogen) atoms. The van der Waals surface area contributed by atoms with Crippen LogP contribution >= 0.6 is 0 Å². The number of aromatic nitrogens is 4. The van der Waals surface area contributed by atoms with Crippen molar-refractivity contribution in [3.05, 3.63) is 75.6 Å². The topological polar surface area (TPSA) is 144 Å². The van der Waals surface area contributed by atoms with Gasteiger partial charge in [-0.25, -0.2) is 0 Å². The van der Waals surface area contributed by atoms with Crippen LogP contribution in [0.25, 0.3) is 11.2 Å². The van der Waals surface area contributed by atoms with E-state index in [-0.39, 0.29) is 41.6 Å². The number of piperazine rings is 1. The van der Waals surface area contributed by atoms with Gasteiger partial charge in [-0.1, -0.05) is 30.2 Å². The number of nitrogens with zero attached hydrogens (tertiary/aromatic N) is 6. The van der Waals surface area contributed by atoms with Crippen molar-refractivity contribution in [2.24, 2.45) is 5.73 Å². The molecule has 1 saturated heterocycles. The Morgan fingerprint density at radius 1 is 1.10 bits per heavy atom. The van der Waals surface area contributed by atoms with Crippen molar-refractivity contribution in [1.29, 1.82) is 5.26 Å². The monoisotopic (exact) mass is 522 g/mol. The zero-order chi connectivity index (χ0) is 27.4. The number of hydrogen-bond acceptors (Lipinski definition) is 8. The third-order valence-electron chi connectivity index (χ3n) is 6.40. The molecular weight excluding hydrogens is 496 g/mol. The standard InChI is InChI=1S/C28H26N8O3/c1-2-3-14-35-23-25(32-27(35)34-15-12-31-13-16-34)33-28(39-22-7-5-4-6-21(22)24(30)37)36(26(23)38)18-20-10-8-19(17-29)9-11-20/h4-11,31H,12-16,18H2,1H3,(H2,30,37). The highest BCUT2D eigenvalue weighted by Gasteiger charge is 2.25. The van der Waals surface area contributed by atoms with E-state index in [9.17, 15) is 9.59 Å². The molecule has 4 aromatic rings. The van der Waals surface area contributed by atoms with Gasteiger partial charge in [0.25, 0.3) is 11.5 Å². The van der Waals surface area contributed by atoms with Crippen molar-refractivity contribution in [1.82, 2.24) is 24.4 Å². The summed E-state index contributed by atoms with van der Waals surface area (Å²) >= 11 is 0. The molecule has 0 spiro atoms. The first-order chi connectivity index (χ1) is 19.0. The third kappa shape index (κ3) is 5.17. The van der Waals surface area contributed by atoms with E-state index < -0.39 is 5.91 Å². The van der Waals surface area contributed by atoms with Gasteiger partial charge in [0.1, 0.15) is 5.75 Å². The van der Waals surface area contributed by atoms with Crippen molar-refractivity contribution in [3.8, 4) is 29.7 Å². The van der Waals surface area contributed by atoms with E-state index in [0.29, 0.717) is 17.0 Å². The van der Waals surface area contributed by atoms with Crippen LogP contribution in [0, 0.1) is 23.2 Å². The molecule has 11 nitrogen and oxygen atoms in total. The first-order valence-corrected chi connectivity index (χ1v) is 12.4. The number of nitrogens with two attached hydrogens (primary N) is 1. The summed E-state index contributed by atoms with van der Waals surface area (Å²) in [4.78, 5) is 37.7. The number of benzene rings is 2. The first kappa shape index (κ1) is 25.5. The van der Waals surface area contributed by atoms with E-state index in [0.717, 1.165) is 31.7 Å². The summed E-state index contributed by atoms with van der Waals surface area (Å²) in [7, 11) is 0. The van der Waals surface area contributed by atoms with Crippen LogP contribution in [0.5, 0.6) is 11.8 Å². The predicted octanol–water partition coefficient (Wildman–Crippen LogP) is 1.84. The van der Waals surface area contributed by atoms with Crippen molar-refractivity contribution in [2.75, 3.05) is 31.1 Å². The number of ether oxygens (including phenoxy) is 1. The number of nitriles is 1. The van der Waals surface area contributed by atoms with Gasteiger partial charge in [-0.3, -0.25) is 18.7 Å². The summed E-state index contributed by atoms with van der Waals surface area (Å²) < 4.78 is 9.27. The Morgan fingerprint density at radius 3 is 2.54 bits per heavy atom. The summed E-state index contributed by atoms with van der Waals surface area (Å²) in [6, 6.07) is 15.4. The van der Waals surface area contributed by atoms with Gasteiger partial charge in [-0.15, -0.1) is 5.92 Å². The van der Waals surface area contributed by atoms with Crippen LogP contribution in [0.3, 0.4) is 0 Å². The molecule has 0 saturated carbocycles. The summed E-state index contributed by atoms with van der Waals surface area (Å²) in [5, 5.41) is 12.5. The fourth-order valence-corrected chi connectivity index (χ4v) is 4.44. The van der Waals surface area contributed by atoms with Crippen molar-refractivity contribution in [3.63, 3.8) is 0 Å². The van der Waals surface area contributed by atoms with E-state index in [4.69, 9.17) is 20.7 Å². The molecule has 1 aliphatic heterocycles. The minimum Gasteiger partial charge on any atom is -0.425 e.